The van der Waals surface area contributed by atoms with E-state index in [1.165, 1.54) is 0 Å². The van der Waals surface area contributed by atoms with Gasteiger partial charge in [-0.05, 0) is 49.8 Å². The van der Waals surface area contributed by atoms with Crippen molar-refractivity contribution in [2.45, 2.75) is 13.8 Å². The van der Waals surface area contributed by atoms with Gasteiger partial charge in [0, 0.05) is 7.05 Å². The number of allylic oxidation sites excluding steroid dienone is 3. The van der Waals surface area contributed by atoms with Gasteiger partial charge < -0.3 is 4.42 Å². The van der Waals surface area contributed by atoms with E-state index in [0.717, 1.165) is 17.0 Å². The summed E-state index contributed by atoms with van der Waals surface area (Å²) in [5, 5.41) is 4.15. The Labute approximate surface area is 112 Å². The summed E-state index contributed by atoms with van der Waals surface area (Å²) < 4.78 is 6.80. The van der Waals surface area contributed by atoms with Crippen molar-refractivity contribution < 1.29 is 9.21 Å². The average Bonchev–Trinajstić information content (AvgIpc) is 2.96. The molecule has 0 unspecified atom stereocenters. The van der Waals surface area contributed by atoms with Crippen LogP contribution >= 0.6 is 0 Å². The third-order valence-electron chi connectivity index (χ3n) is 2.67. The molecule has 0 aliphatic heterocycles. The van der Waals surface area contributed by atoms with Gasteiger partial charge in [-0.2, -0.15) is 5.10 Å². The van der Waals surface area contributed by atoms with E-state index in [-0.39, 0.29) is 5.78 Å². The average molecular weight is 256 g/mol. The molecule has 4 nitrogen and oxygen atoms in total. The second-order valence-electron chi connectivity index (χ2n) is 4.40. The molecule has 0 aromatic carbocycles. The maximum Gasteiger partial charge on any atom is 0.203 e. The molecule has 0 saturated heterocycles. The fraction of sp³-hybridized carbons (Fsp3) is 0.200. The van der Waals surface area contributed by atoms with Crippen LogP contribution in [0.2, 0.25) is 0 Å². The number of carbonyl (C=O) groups excluding carboxylic acids is 1. The molecule has 4 heteroatoms. The van der Waals surface area contributed by atoms with Gasteiger partial charge in [-0.15, -0.1) is 0 Å². The lowest BCUT2D eigenvalue weighted by Gasteiger charge is -1.96. The van der Waals surface area contributed by atoms with Gasteiger partial charge in [0.15, 0.2) is 0 Å². The molecule has 19 heavy (non-hydrogen) atoms. The van der Waals surface area contributed by atoms with Crippen molar-refractivity contribution in [3.05, 3.63) is 59.3 Å². The molecule has 0 atom stereocenters. The summed E-state index contributed by atoms with van der Waals surface area (Å²) >= 11 is 0. The summed E-state index contributed by atoms with van der Waals surface area (Å²) in [7, 11) is 1.76. The van der Waals surface area contributed by atoms with Crippen LogP contribution in [-0.4, -0.2) is 15.6 Å². The summed E-state index contributed by atoms with van der Waals surface area (Å²) in [5.74, 6) is 0.710. The van der Waals surface area contributed by atoms with Gasteiger partial charge in [0.05, 0.1) is 12.0 Å². The number of ketones is 1. The molecule has 0 amide bonds. The molecule has 2 rings (SSSR count). The lowest BCUT2D eigenvalue weighted by atomic mass is 10.2. The Hall–Kier alpha value is -2.36. The molecule has 2 aromatic rings. The predicted octanol–water partition coefficient (Wildman–Crippen LogP) is 3.16. The van der Waals surface area contributed by atoms with E-state index in [1.54, 1.807) is 36.2 Å². The summed E-state index contributed by atoms with van der Waals surface area (Å²) in [6, 6.07) is 5.47. The number of rotatable bonds is 4. The predicted molar refractivity (Wildman–Crippen MR) is 73.8 cm³/mol. The minimum atomic E-state index is -0.0599. The third kappa shape index (κ3) is 3.31. The molecule has 0 aliphatic rings. The molecule has 0 bridgehead atoms. The Kier molecular flexibility index (Phi) is 3.80. The van der Waals surface area contributed by atoms with E-state index in [4.69, 9.17) is 4.42 Å². The number of aromatic nitrogens is 2. The van der Waals surface area contributed by atoms with E-state index in [0.29, 0.717) is 5.69 Å². The second-order valence-corrected chi connectivity index (χ2v) is 4.40. The molecule has 0 aliphatic carbocycles. The van der Waals surface area contributed by atoms with Crippen LogP contribution in [0.5, 0.6) is 0 Å². The van der Waals surface area contributed by atoms with Gasteiger partial charge in [0.25, 0.3) is 0 Å². The van der Waals surface area contributed by atoms with Crippen molar-refractivity contribution in [2.75, 3.05) is 0 Å². The lowest BCUT2D eigenvalue weighted by Crippen LogP contribution is -2.03. The Balaban J connectivity index is 2.10. The molecule has 0 fully saturated rings. The summed E-state index contributed by atoms with van der Waals surface area (Å²) in [5.41, 5.74) is 2.36. The van der Waals surface area contributed by atoms with Gasteiger partial charge in [-0.1, -0.05) is 6.08 Å². The molecule has 0 saturated carbocycles. The van der Waals surface area contributed by atoms with Crippen molar-refractivity contribution in [1.29, 1.82) is 0 Å². The van der Waals surface area contributed by atoms with Gasteiger partial charge in [-0.3, -0.25) is 9.48 Å². The van der Waals surface area contributed by atoms with E-state index in [1.807, 2.05) is 32.1 Å². The van der Waals surface area contributed by atoms with Gasteiger partial charge in [0.2, 0.25) is 5.78 Å². The fourth-order valence-electron chi connectivity index (χ4n) is 1.78. The second kappa shape index (κ2) is 5.52. The van der Waals surface area contributed by atoms with Crippen LogP contribution in [0.15, 0.2) is 46.6 Å². The third-order valence-corrected chi connectivity index (χ3v) is 2.67. The quantitative estimate of drug-likeness (QED) is 0.479. The van der Waals surface area contributed by atoms with E-state index in [9.17, 15) is 4.79 Å². The maximum atomic E-state index is 12.0. The highest BCUT2D eigenvalue weighted by molar-refractivity contribution is 6.03. The summed E-state index contributed by atoms with van der Waals surface area (Å²) in [4.78, 5) is 12.0. The van der Waals surface area contributed by atoms with Crippen LogP contribution in [0.1, 0.15) is 28.9 Å². The van der Waals surface area contributed by atoms with Crippen LogP contribution in [0.4, 0.5) is 0 Å². The summed E-state index contributed by atoms with van der Waals surface area (Å²) in [6.07, 6.45) is 6.81. The highest BCUT2D eigenvalue weighted by atomic mass is 16.3. The summed E-state index contributed by atoms with van der Waals surface area (Å²) in [6.45, 7) is 3.78. The van der Waals surface area contributed by atoms with Crippen molar-refractivity contribution in [3.63, 3.8) is 0 Å². The normalized spacial score (nSPS) is 12.3. The Morgan fingerprint density at radius 3 is 2.79 bits per heavy atom. The number of nitrogens with zero attached hydrogens (tertiary/aromatic N) is 2. The molecule has 0 radical (unpaired) electrons. The highest BCUT2D eigenvalue weighted by Crippen LogP contribution is 2.09. The number of hydrogen-bond donors (Lipinski definition) is 0. The molecular weight excluding hydrogens is 240 g/mol. The molecule has 0 spiro atoms. The largest absolute Gasteiger partial charge is 0.465 e. The highest BCUT2D eigenvalue weighted by Gasteiger charge is 2.08. The number of furan rings is 1. The SMILES string of the molecule is CC(/C=C/C(=O)c1cc(C)nn1C)=C\c1ccco1. The topological polar surface area (TPSA) is 48.0 Å². The molecule has 2 heterocycles. The van der Waals surface area contributed by atoms with Gasteiger partial charge >= 0.3 is 0 Å². The van der Waals surface area contributed by atoms with E-state index < -0.39 is 0 Å². The maximum absolute atomic E-state index is 12.0. The number of carbonyl (C=O) groups is 1. The van der Waals surface area contributed by atoms with Crippen molar-refractivity contribution in [2.24, 2.45) is 7.05 Å². The monoisotopic (exact) mass is 256 g/mol. The number of aryl methyl sites for hydroxylation is 2. The van der Waals surface area contributed by atoms with Crippen molar-refractivity contribution in [1.82, 2.24) is 9.78 Å². The zero-order valence-corrected chi connectivity index (χ0v) is 11.3. The first-order chi connectivity index (χ1) is 9.06. The molecule has 0 N–H and O–H groups in total. The Morgan fingerprint density at radius 2 is 2.21 bits per heavy atom. The minimum absolute atomic E-state index is 0.0599. The molecular formula is C15H16N2O2. The van der Waals surface area contributed by atoms with Crippen LogP contribution in [0.3, 0.4) is 0 Å². The van der Waals surface area contributed by atoms with Crippen LogP contribution < -0.4 is 0 Å². The van der Waals surface area contributed by atoms with E-state index >= 15 is 0 Å². The van der Waals surface area contributed by atoms with Crippen molar-refractivity contribution in [3.8, 4) is 0 Å². The Morgan fingerprint density at radius 1 is 1.42 bits per heavy atom. The fourth-order valence-corrected chi connectivity index (χ4v) is 1.78. The smallest absolute Gasteiger partial charge is 0.203 e. The van der Waals surface area contributed by atoms with Gasteiger partial charge in [0.1, 0.15) is 11.5 Å². The van der Waals surface area contributed by atoms with Crippen LogP contribution in [0.25, 0.3) is 6.08 Å². The Bertz CT molecular complexity index is 631. The van der Waals surface area contributed by atoms with Crippen LogP contribution in [0, 0.1) is 6.92 Å². The zero-order valence-electron chi connectivity index (χ0n) is 11.3. The first-order valence-corrected chi connectivity index (χ1v) is 6.01. The lowest BCUT2D eigenvalue weighted by molar-refractivity contribution is 0.103. The first-order valence-electron chi connectivity index (χ1n) is 6.01. The number of hydrogen-bond acceptors (Lipinski definition) is 3. The van der Waals surface area contributed by atoms with E-state index in [2.05, 4.69) is 5.10 Å². The van der Waals surface area contributed by atoms with Crippen molar-refractivity contribution >= 4 is 11.9 Å². The van der Waals surface area contributed by atoms with Gasteiger partial charge in [-0.25, -0.2) is 0 Å². The minimum Gasteiger partial charge on any atom is -0.465 e. The zero-order chi connectivity index (χ0) is 13.8. The van der Waals surface area contributed by atoms with Crippen LogP contribution in [-0.2, 0) is 7.05 Å². The first kappa shape index (κ1) is 13.1. The standard InChI is InChI=1S/C15H16N2O2/c1-11(9-13-5-4-8-19-13)6-7-15(18)14-10-12(2)16-17(14)3/h4-10H,1-3H3/b7-6+,11-9+. The molecule has 2 aromatic heterocycles. The molecule has 98 valence electrons.